The molecular formula is C33H53ClN6O2. The normalized spacial score (nSPS) is 18.1. The number of aromatic nitrogens is 3. The van der Waals surface area contributed by atoms with Crippen LogP contribution in [0.25, 0.3) is 0 Å². The highest BCUT2D eigenvalue weighted by Gasteiger charge is 2.45. The van der Waals surface area contributed by atoms with Crippen LogP contribution in [-0.4, -0.2) is 76.4 Å². The fraction of sp³-hybridized carbons (Fsp3) is 0.667. The van der Waals surface area contributed by atoms with Crippen LogP contribution >= 0.6 is 11.6 Å². The fourth-order valence-corrected chi connectivity index (χ4v) is 5.30. The molecule has 1 aromatic carbocycles. The minimum Gasteiger partial charge on any atom is -0.508 e. The summed E-state index contributed by atoms with van der Waals surface area (Å²) >= 11 is 6.03. The lowest BCUT2D eigenvalue weighted by Gasteiger charge is -2.31. The lowest BCUT2D eigenvalue weighted by Crippen LogP contribution is -2.45. The van der Waals surface area contributed by atoms with E-state index in [0.29, 0.717) is 35.0 Å². The summed E-state index contributed by atoms with van der Waals surface area (Å²) in [6, 6.07) is 5.04. The molecule has 0 unspecified atom stereocenters. The Hall–Kier alpha value is -2.60. The molecule has 1 saturated carbocycles. The van der Waals surface area contributed by atoms with Crippen LogP contribution in [-0.2, 0) is 0 Å². The van der Waals surface area contributed by atoms with Crippen LogP contribution in [0.1, 0.15) is 98.4 Å². The molecule has 3 saturated heterocycles. The van der Waals surface area contributed by atoms with E-state index in [1.165, 1.54) is 31.7 Å². The summed E-state index contributed by atoms with van der Waals surface area (Å²) in [5, 5.41) is 13.5. The number of hydrogen-bond donors (Lipinski definition) is 2. The summed E-state index contributed by atoms with van der Waals surface area (Å²) in [4.78, 5) is 18.4. The van der Waals surface area contributed by atoms with Gasteiger partial charge in [0, 0.05) is 36.8 Å². The summed E-state index contributed by atoms with van der Waals surface area (Å²) in [5.41, 5.74) is 0.708. The number of piperazine rings is 1. The van der Waals surface area contributed by atoms with Crippen molar-refractivity contribution in [1.82, 2.24) is 25.2 Å². The number of phenolic OH excluding ortho intramolecular Hbond substituents is 1. The summed E-state index contributed by atoms with van der Waals surface area (Å²) in [6.07, 6.45) is 7.73. The molecule has 9 heteroatoms. The first-order valence-electron chi connectivity index (χ1n) is 16.1. The molecule has 0 amide bonds. The third kappa shape index (κ3) is 10.9. The number of benzene rings is 1. The Labute approximate surface area is 259 Å². The van der Waals surface area contributed by atoms with Crippen LogP contribution in [0.5, 0.6) is 11.8 Å². The highest BCUT2D eigenvalue weighted by Crippen LogP contribution is 2.39. The standard InChI is InChI=1S/C23H27ClN6O2.C4H8.3C2H6/c24-18-13-17(14-19(31)15-18)3-4-20-26-21(29-11-7-25-8-12-29)28-22(27-20)32-16-23-5-1-9-30(23)10-2-6-23;1-4-2-3-4;3*1-2/h13-15,25,31H,1-2,5-12,16H2;4H,2-3H2,1H3;3*1-2H3. The smallest absolute Gasteiger partial charge is 0.322 e. The molecular weight excluding hydrogens is 548 g/mol. The molecule has 4 heterocycles. The third-order valence-corrected chi connectivity index (χ3v) is 7.57. The van der Waals surface area contributed by atoms with Crippen molar-refractivity contribution in [2.24, 2.45) is 5.92 Å². The first kappa shape index (κ1) is 35.6. The number of nitrogens with zero attached hydrogens (tertiary/aromatic N) is 5. The van der Waals surface area contributed by atoms with Crippen molar-refractivity contribution in [3.05, 3.63) is 34.6 Å². The summed E-state index contributed by atoms with van der Waals surface area (Å²) in [6.45, 7) is 20.6. The Kier molecular flexibility index (Phi) is 16.0. The van der Waals surface area contributed by atoms with Gasteiger partial charge in [-0.1, -0.05) is 78.8 Å². The van der Waals surface area contributed by atoms with Gasteiger partial charge in [0.05, 0.1) is 5.54 Å². The largest absolute Gasteiger partial charge is 0.508 e. The second kappa shape index (κ2) is 18.8. The van der Waals surface area contributed by atoms with Crippen LogP contribution in [0, 0.1) is 17.8 Å². The van der Waals surface area contributed by atoms with E-state index in [-0.39, 0.29) is 11.3 Å². The molecule has 4 aliphatic rings. The Morgan fingerprint density at radius 3 is 2.12 bits per heavy atom. The zero-order valence-corrected chi connectivity index (χ0v) is 27.7. The molecule has 3 aliphatic heterocycles. The molecule has 42 heavy (non-hydrogen) atoms. The van der Waals surface area contributed by atoms with Crippen molar-refractivity contribution in [3.8, 4) is 23.6 Å². The molecule has 234 valence electrons. The van der Waals surface area contributed by atoms with Gasteiger partial charge in [-0.05, 0) is 68.8 Å². The molecule has 0 radical (unpaired) electrons. The second-order valence-electron chi connectivity index (χ2n) is 10.3. The molecule has 6 rings (SSSR count). The molecule has 1 aliphatic carbocycles. The average molecular weight is 601 g/mol. The van der Waals surface area contributed by atoms with Crippen molar-refractivity contribution >= 4 is 17.5 Å². The first-order chi connectivity index (χ1) is 20.5. The molecule has 2 N–H and O–H groups in total. The van der Waals surface area contributed by atoms with Gasteiger partial charge in [-0.15, -0.1) is 0 Å². The zero-order valence-electron chi connectivity index (χ0n) is 27.0. The van der Waals surface area contributed by atoms with Crippen molar-refractivity contribution in [3.63, 3.8) is 0 Å². The summed E-state index contributed by atoms with van der Waals surface area (Å²) < 4.78 is 6.18. The molecule has 8 nitrogen and oxygen atoms in total. The minimum atomic E-state index is 0.0694. The van der Waals surface area contributed by atoms with Gasteiger partial charge in [0.1, 0.15) is 12.4 Å². The molecule has 4 fully saturated rings. The number of aromatic hydroxyl groups is 1. The van der Waals surface area contributed by atoms with Gasteiger partial charge in [0.15, 0.2) is 0 Å². The number of fused-ring (bicyclic) bond motifs is 1. The highest BCUT2D eigenvalue weighted by molar-refractivity contribution is 6.30. The van der Waals surface area contributed by atoms with Crippen molar-refractivity contribution in [2.75, 3.05) is 50.8 Å². The van der Waals surface area contributed by atoms with E-state index in [0.717, 1.165) is 58.0 Å². The van der Waals surface area contributed by atoms with E-state index in [1.807, 2.05) is 41.5 Å². The maximum Gasteiger partial charge on any atom is 0.322 e. The van der Waals surface area contributed by atoms with Gasteiger partial charge >= 0.3 is 6.01 Å². The zero-order chi connectivity index (χ0) is 31.0. The van der Waals surface area contributed by atoms with Gasteiger partial charge < -0.3 is 20.1 Å². The number of phenols is 1. The van der Waals surface area contributed by atoms with Gasteiger partial charge in [0.25, 0.3) is 0 Å². The first-order valence-corrected chi connectivity index (χ1v) is 16.5. The van der Waals surface area contributed by atoms with Gasteiger partial charge in [0.2, 0.25) is 11.8 Å². The van der Waals surface area contributed by atoms with E-state index in [9.17, 15) is 5.11 Å². The van der Waals surface area contributed by atoms with Gasteiger partial charge in [-0.25, -0.2) is 0 Å². The Morgan fingerprint density at radius 2 is 1.55 bits per heavy atom. The molecule has 0 spiro atoms. The van der Waals surface area contributed by atoms with Crippen LogP contribution in [0.4, 0.5) is 5.95 Å². The number of nitrogens with one attached hydrogen (secondary N) is 1. The lowest BCUT2D eigenvalue weighted by atomic mass is 9.95. The molecule has 0 atom stereocenters. The predicted octanol–water partition coefficient (Wildman–Crippen LogP) is 6.54. The highest BCUT2D eigenvalue weighted by atomic mass is 35.5. The predicted molar refractivity (Wildman–Crippen MR) is 175 cm³/mol. The van der Waals surface area contributed by atoms with Gasteiger partial charge in [-0.3, -0.25) is 4.90 Å². The van der Waals surface area contributed by atoms with E-state index in [4.69, 9.17) is 16.3 Å². The Morgan fingerprint density at radius 1 is 0.929 bits per heavy atom. The maximum atomic E-state index is 9.77. The number of halogens is 1. The number of anilines is 1. The van der Waals surface area contributed by atoms with Crippen LogP contribution in [0.3, 0.4) is 0 Å². The molecule has 0 bridgehead atoms. The van der Waals surface area contributed by atoms with E-state index in [1.54, 1.807) is 12.1 Å². The van der Waals surface area contributed by atoms with E-state index in [2.05, 4.69) is 48.8 Å². The lowest BCUT2D eigenvalue weighted by molar-refractivity contribution is 0.107. The van der Waals surface area contributed by atoms with E-state index >= 15 is 0 Å². The third-order valence-electron chi connectivity index (χ3n) is 7.35. The number of hydrogen-bond acceptors (Lipinski definition) is 8. The monoisotopic (exact) mass is 600 g/mol. The van der Waals surface area contributed by atoms with Crippen LogP contribution in [0.15, 0.2) is 18.2 Å². The summed E-state index contributed by atoms with van der Waals surface area (Å²) in [7, 11) is 0. The topological polar surface area (TPSA) is 86.6 Å². The SMILES string of the molecule is CC.CC.CC.CC1CC1.Oc1cc(Cl)cc(C#Cc2nc(OCC34CCCN3CCC4)nc(N3CCNCC3)n2)c1. The summed E-state index contributed by atoms with van der Waals surface area (Å²) in [5.74, 6) is 8.06. The van der Waals surface area contributed by atoms with Gasteiger partial charge in [-0.2, -0.15) is 15.0 Å². The number of ether oxygens (including phenoxy) is 1. The van der Waals surface area contributed by atoms with Crippen molar-refractivity contribution in [1.29, 1.82) is 0 Å². The molecule has 2 aromatic rings. The fourth-order valence-electron chi connectivity index (χ4n) is 5.07. The van der Waals surface area contributed by atoms with Crippen LogP contribution < -0.4 is 15.0 Å². The average Bonchev–Trinajstić information content (AvgIpc) is 3.55. The minimum absolute atomic E-state index is 0.0694. The van der Waals surface area contributed by atoms with Crippen molar-refractivity contribution < 1.29 is 9.84 Å². The van der Waals surface area contributed by atoms with E-state index < -0.39 is 0 Å². The molecule has 1 aromatic heterocycles. The maximum absolute atomic E-state index is 9.77. The Bertz CT molecular complexity index is 1100. The van der Waals surface area contributed by atoms with Crippen LogP contribution in [0.2, 0.25) is 5.02 Å². The van der Waals surface area contributed by atoms with Crippen molar-refractivity contribution in [2.45, 2.75) is 92.5 Å². The Balaban J connectivity index is 0.000000542. The number of rotatable bonds is 4. The quantitative estimate of drug-likeness (QED) is 0.383. The second-order valence-corrected chi connectivity index (χ2v) is 10.8.